The van der Waals surface area contributed by atoms with Crippen LogP contribution in [0.25, 0.3) is 10.9 Å². The van der Waals surface area contributed by atoms with Crippen molar-refractivity contribution in [3.63, 3.8) is 0 Å². The molecule has 0 aliphatic carbocycles. The number of carbonyl (C=O) groups excluding carboxylic acids is 1. The normalized spacial score (nSPS) is 18.9. The standard InChI is InChI=1S/C18H22N2O/c1-3-17(21)19-10-5-7-15(12-19)13-20-11-9-16-8-4-6-14(2)18(16)20/h3-4,6,8-9,11,15H,1,5,7,10,12-13H2,2H3. The Morgan fingerprint density at radius 1 is 1.43 bits per heavy atom. The minimum atomic E-state index is 0.0632. The van der Waals surface area contributed by atoms with Gasteiger partial charge in [-0.05, 0) is 48.8 Å². The maximum Gasteiger partial charge on any atom is 0.245 e. The second kappa shape index (κ2) is 5.76. The Kier molecular flexibility index (Phi) is 3.82. The van der Waals surface area contributed by atoms with E-state index in [0.29, 0.717) is 5.92 Å². The average Bonchev–Trinajstić information content (AvgIpc) is 2.91. The van der Waals surface area contributed by atoms with Crippen LogP contribution < -0.4 is 0 Å². The molecule has 3 nitrogen and oxygen atoms in total. The molecule has 1 atom stereocenters. The van der Waals surface area contributed by atoms with Crippen LogP contribution >= 0.6 is 0 Å². The van der Waals surface area contributed by atoms with Crippen LogP contribution in [0.3, 0.4) is 0 Å². The third kappa shape index (κ3) is 2.73. The van der Waals surface area contributed by atoms with Crippen molar-refractivity contribution in [1.82, 2.24) is 9.47 Å². The van der Waals surface area contributed by atoms with Gasteiger partial charge in [0.15, 0.2) is 0 Å². The zero-order valence-electron chi connectivity index (χ0n) is 12.6. The summed E-state index contributed by atoms with van der Waals surface area (Å²) >= 11 is 0. The number of nitrogens with zero attached hydrogens (tertiary/aromatic N) is 2. The number of likely N-dealkylation sites (tertiary alicyclic amines) is 1. The molecular weight excluding hydrogens is 260 g/mol. The predicted molar refractivity (Wildman–Crippen MR) is 86.2 cm³/mol. The van der Waals surface area contributed by atoms with Gasteiger partial charge in [-0.25, -0.2) is 0 Å². The predicted octanol–water partition coefficient (Wildman–Crippen LogP) is 3.37. The molecular formula is C18H22N2O. The number of para-hydroxylation sites is 1. The van der Waals surface area contributed by atoms with Gasteiger partial charge in [0.1, 0.15) is 0 Å². The Hall–Kier alpha value is -2.03. The average molecular weight is 282 g/mol. The number of hydrogen-bond donors (Lipinski definition) is 0. The maximum absolute atomic E-state index is 11.8. The third-order valence-corrected chi connectivity index (χ3v) is 4.45. The Labute approximate surface area is 125 Å². The van der Waals surface area contributed by atoms with Crippen LogP contribution in [0.5, 0.6) is 0 Å². The first-order valence-electron chi connectivity index (χ1n) is 7.65. The Morgan fingerprint density at radius 3 is 3.10 bits per heavy atom. The summed E-state index contributed by atoms with van der Waals surface area (Å²) in [5.41, 5.74) is 2.64. The molecule has 0 saturated carbocycles. The number of carbonyl (C=O) groups is 1. The van der Waals surface area contributed by atoms with Crippen LogP contribution in [0.15, 0.2) is 43.1 Å². The highest BCUT2D eigenvalue weighted by atomic mass is 16.2. The molecule has 0 bridgehead atoms. The van der Waals surface area contributed by atoms with Crippen LogP contribution in [0, 0.1) is 12.8 Å². The lowest BCUT2D eigenvalue weighted by Gasteiger charge is -2.32. The number of hydrogen-bond acceptors (Lipinski definition) is 1. The highest BCUT2D eigenvalue weighted by Crippen LogP contribution is 2.24. The Morgan fingerprint density at radius 2 is 2.29 bits per heavy atom. The monoisotopic (exact) mass is 282 g/mol. The van der Waals surface area contributed by atoms with E-state index < -0.39 is 0 Å². The summed E-state index contributed by atoms with van der Waals surface area (Å²) in [4.78, 5) is 13.7. The van der Waals surface area contributed by atoms with Gasteiger partial charge in [0.2, 0.25) is 5.91 Å². The van der Waals surface area contributed by atoms with Gasteiger partial charge in [-0.2, -0.15) is 0 Å². The fourth-order valence-corrected chi connectivity index (χ4v) is 3.43. The van der Waals surface area contributed by atoms with Crippen molar-refractivity contribution in [2.45, 2.75) is 26.3 Å². The van der Waals surface area contributed by atoms with E-state index in [-0.39, 0.29) is 5.91 Å². The van der Waals surface area contributed by atoms with Gasteiger partial charge in [0.05, 0.1) is 5.52 Å². The molecule has 1 aromatic heterocycles. The van der Waals surface area contributed by atoms with Crippen LogP contribution in [0.4, 0.5) is 0 Å². The van der Waals surface area contributed by atoms with Crippen molar-refractivity contribution >= 4 is 16.8 Å². The zero-order chi connectivity index (χ0) is 14.8. The maximum atomic E-state index is 11.8. The van der Waals surface area contributed by atoms with Crippen molar-refractivity contribution < 1.29 is 4.79 Å². The van der Waals surface area contributed by atoms with E-state index in [1.54, 1.807) is 0 Å². The summed E-state index contributed by atoms with van der Waals surface area (Å²) in [6.07, 6.45) is 5.87. The number of fused-ring (bicyclic) bond motifs is 1. The lowest BCUT2D eigenvalue weighted by atomic mass is 9.97. The lowest BCUT2D eigenvalue weighted by Crippen LogP contribution is -2.40. The van der Waals surface area contributed by atoms with Gasteiger partial charge in [0.25, 0.3) is 0 Å². The smallest absolute Gasteiger partial charge is 0.245 e. The summed E-state index contributed by atoms with van der Waals surface area (Å²) in [5.74, 6) is 0.589. The highest BCUT2D eigenvalue weighted by Gasteiger charge is 2.22. The van der Waals surface area contributed by atoms with E-state index in [4.69, 9.17) is 0 Å². The molecule has 1 unspecified atom stereocenters. The molecule has 1 fully saturated rings. The minimum Gasteiger partial charge on any atom is -0.347 e. The molecule has 3 rings (SSSR count). The van der Waals surface area contributed by atoms with E-state index in [9.17, 15) is 4.79 Å². The molecule has 1 saturated heterocycles. The van der Waals surface area contributed by atoms with Gasteiger partial charge in [-0.3, -0.25) is 4.79 Å². The fraction of sp³-hybridized carbons (Fsp3) is 0.389. The Balaban J connectivity index is 1.79. The first-order chi connectivity index (χ1) is 10.2. The molecule has 0 radical (unpaired) electrons. The molecule has 2 heterocycles. The number of amides is 1. The van der Waals surface area contributed by atoms with Crippen molar-refractivity contribution in [3.8, 4) is 0 Å². The van der Waals surface area contributed by atoms with Crippen molar-refractivity contribution in [3.05, 3.63) is 48.7 Å². The molecule has 0 spiro atoms. The van der Waals surface area contributed by atoms with Crippen LogP contribution in [-0.4, -0.2) is 28.5 Å². The SMILES string of the molecule is C=CC(=O)N1CCCC(Cn2ccc3cccc(C)c32)C1. The number of rotatable bonds is 3. The Bertz CT molecular complexity index is 671. The number of piperidine rings is 1. The van der Waals surface area contributed by atoms with Gasteiger partial charge in [-0.15, -0.1) is 0 Å². The molecule has 3 heteroatoms. The summed E-state index contributed by atoms with van der Waals surface area (Å²) in [6, 6.07) is 8.60. The van der Waals surface area contributed by atoms with Crippen LogP contribution in [0.2, 0.25) is 0 Å². The largest absolute Gasteiger partial charge is 0.347 e. The number of aryl methyl sites for hydroxylation is 1. The summed E-state index contributed by atoms with van der Waals surface area (Å²) in [5, 5.41) is 1.30. The molecule has 1 aliphatic heterocycles. The fourth-order valence-electron chi connectivity index (χ4n) is 3.43. The molecule has 0 N–H and O–H groups in total. The number of aromatic nitrogens is 1. The third-order valence-electron chi connectivity index (χ3n) is 4.45. The molecule has 1 aliphatic rings. The molecule has 110 valence electrons. The minimum absolute atomic E-state index is 0.0632. The zero-order valence-corrected chi connectivity index (χ0v) is 12.6. The van der Waals surface area contributed by atoms with E-state index in [1.165, 1.54) is 29.0 Å². The molecule has 21 heavy (non-hydrogen) atoms. The highest BCUT2D eigenvalue weighted by molar-refractivity contribution is 5.87. The summed E-state index contributed by atoms with van der Waals surface area (Å²) < 4.78 is 2.34. The van der Waals surface area contributed by atoms with Gasteiger partial charge in [0, 0.05) is 25.8 Å². The van der Waals surface area contributed by atoms with E-state index in [1.807, 2.05) is 4.90 Å². The second-order valence-electron chi connectivity index (χ2n) is 5.98. The van der Waals surface area contributed by atoms with Crippen LogP contribution in [0.1, 0.15) is 18.4 Å². The van der Waals surface area contributed by atoms with Crippen LogP contribution in [-0.2, 0) is 11.3 Å². The van der Waals surface area contributed by atoms with E-state index in [2.05, 4.69) is 48.5 Å². The molecule has 1 amide bonds. The second-order valence-corrected chi connectivity index (χ2v) is 5.98. The first kappa shape index (κ1) is 13.9. The number of benzene rings is 1. The van der Waals surface area contributed by atoms with Crippen molar-refractivity contribution in [2.75, 3.05) is 13.1 Å². The van der Waals surface area contributed by atoms with E-state index >= 15 is 0 Å². The molecule has 1 aromatic carbocycles. The van der Waals surface area contributed by atoms with Gasteiger partial charge >= 0.3 is 0 Å². The lowest BCUT2D eigenvalue weighted by molar-refractivity contribution is -0.127. The van der Waals surface area contributed by atoms with Gasteiger partial charge < -0.3 is 9.47 Å². The van der Waals surface area contributed by atoms with Gasteiger partial charge in [-0.1, -0.05) is 24.8 Å². The molecule has 2 aromatic rings. The first-order valence-corrected chi connectivity index (χ1v) is 7.65. The van der Waals surface area contributed by atoms with E-state index in [0.717, 1.165) is 26.1 Å². The topological polar surface area (TPSA) is 25.2 Å². The van der Waals surface area contributed by atoms with Crippen molar-refractivity contribution in [2.24, 2.45) is 5.92 Å². The summed E-state index contributed by atoms with van der Waals surface area (Å²) in [7, 11) is 0. The summed E-state index contributed by atoms with van der Waals surface area (Å²) in [6.45, 7) is 8.45. The van der Waals surface area contributed by atoms with Crippen molar-refractivity contribution in [1.29, 1.82) is 0 Å². The quantitative estimate of drug-likeness (QED) is 0.792.